The van der Waals surface area contributed by atoms with Gasteiger partial charge >= 0.3 is 5.97 Å². The lowest BCUT2D eigenvalue weighted by Gasteiger charge is -2.30. The molecule has 0 amide bonds. The Labute approximate surface area is 95.6 Å². The van der Waals surface area contributed by atoms with Crippen molar-refractivity contribution in [2.45, 2.75) is 25.2 Å². The molecule has 1 aromatic carbocycles. The van der Waals surface area contributed by atoms with Crippen LogP contribution in [0, 0.1) is 11.8 Å². The van der Waals surface area contributed by atoms with Gasteiger partial charge in [-0.05, 0) is 24.3 Å². The minimum atomic E-state index is 0.0264. The summed E-state index contributed by atoms with van der Waals surface area (Å²) >= 11 is 0. The van der Waals surface area contributed by atoms with Crippen molar-refractivity contribution in [1.82, 2.24) is 0 Å². The highest BCUT2D eigenvalue weighted by molar-refractivity contribution is 5.76. The Balaban J connectivity index is 1.92. The molecule has 1 aromatic rings. The second-order valence-electron chi connectivity index (χ2n) is 4.86. The fraction of sp³-hybridized carbons (Fsp3) is 0.500. The number of ether oxygens (including phenoxy) is 1. The van der Waals surface area contributed by atoms with Gasteiger partial charge in [0, 0.05) is 5.92 Å². The van der Waals surface area contributed by atoms with E-state index in [9.17, 15) is 4.79 Å². The largest absolute Gasteiger partial charge is 0.465 e. The molecule has 1 heterocycles. The average Bonchev–Trinajstić information content (AvgIpc) is 2.73. The number of fused-ring (bicyclic) bond motifs is 1. The molecule has 1 saturated carbocycles. The van der Waals surface area contributed by atoms with Crippen molar-refractivity contribution in [3.63, 3.8) is 0 Å². The van der Waals surface area contributed by atoms with Gasteiger partial charge in [0.25, 0.3) is 0 Å². The Morgan fingerprint density at radius 1 is 1.12 bits per heavy atom. The molecule has 2 fully saturated rings. The number of esters is 1. The van der Waals surface area contributed by atoms with Gasteiger partial charge in [-0.2, -0.15) is 0 Å². The molecule has 1 saturated heterocycles. The third-order valence-electron chi connectivity index (χ3n) is 3.97. The smallest absolute Gasteiger partial charge is 0.309 e. The van der Waals surface area contributed by atoms with Crippen molar-refractivity contribution in [3.8, 4) is 0 Å². The number of cyclic esters (lactones) is 1. The summed E-state index contributed by atoms with van der Waals surface area (Å²) in [6.45, 7) is 0.646. The van der Waals surface area contributed by atoms with Crippen molar-refractivity contribution in [3.05, 3.63) is 35.9 Å². The highest BCUT2D eigenvalue weighted by Gasteiger charge is 2.44. The van der Waals surface area contributed by atoms with Crippen LogP contribution in [-0.4, -0.2) is 12.6 Å². The molecule has 0 spiro atoms. The Hall–Kier alpha value is -1.31. The van der Waals surface area contributed by atoms with Gasteiger partial charge in [-0.15, -0.1) is 0 Å². The zero-order valence-corrected chi connectivity index (χ0v) is 9.26. The van der Waals surface area contributed by atoms with Gasteiger partial charge in [-0.3, -0.25) is 4.79 Å². The molecule has 1 aliphatic carbocycles. The molecule has 1 aliphatic heterocycles. The standard InChI is InChI=1S/C14H16O2/c15-14-13-11(9-16-14)7-4-8-12(13)10-5-2-1-3-6-10/h1-3,5-6,11-13H,4,7-9H2/t11-,12+,13+/m0/s1. The lowest BCUT2D eigenvalue weighted by atomic mass is 9.71. The second kappa shape index (κ2) is 3.93. The van der Waals surface area contributed by atoms with Crippen LogP contribution in [-0.2, 0) is 9.53 Å². The van der Waals surface area contributed by atoms with Crippen LogP contribution in [0.2, 0.25) is 0 Å². The summed E-state index contributed by atoms with van der Waals surface area (Å²) < 4.78 is 5.21. The van der Waals surface area contributed by atoms with E-state index in [4.69, 9.17) is 4.74 Å². The number of hydrogen-bond acceptors (Lipinski definition) is 2. The number of benzene rings is 1. The monoisotopic (exact) mass is 216 g/mol. The molecular weight excluding hydrogens is 200 g/mol. The van der Waals surface area contributed by atoms with Crippen molar-refractivity contribution >= 4 is 5.97 Å². The van der Waals surface area contributed by atoms with Crippen molar-refractivity contribution < 1.29 is 9.53 Å². The normalized spacial score (nSPS) is 33.2. The topological polar surface area (TPSA) is 26.3 Å². The van der Waals surface area contributed by atoms with Gasteiger partial charge in [-0.25, -0.2) is 0 Å². The van der Waals surface area contributed by atoms with Crippen molar-refractivity contribution in [1.29, 1.82) is 0 Å². The molecule has 16 heavy (non-hydrogen) atoms. The second-order valence-corrected chi connectivity index (χ2v) is 4.86. The van der Waals surface area contributed by atoms with E-state index in [1.54, 1.807) is 0 Å². The zero-order valence-electron chi connectivity index (χ0n) is 9.26. The van der Waals surface area contributed by atoms with Crippen LogP contribution in [0.1, 0.15) is 30.7 Å². The Kier molecular flexibility index (Phi) is 2.43. The molecule has 0 radical (unpaired) electrons. The van der Waals surface area contributed by atoms with Crippen LogP contribution in [0.15, 0.2) is 30.3 Å². The number of carbonyl (C=O) groups excluding carboxylic acids is 1. The first-order valence-electron chi connectivity index (χ1n) is 6.08. The molecule has 0 N–H and O–H groups in total. The first-order chi connectivity index (χ1) is 7.86. The maximum absolute atomic E-state index is 11.8. The summed E-state index contributed by atoms with van der Waals surface area (Å²) in [5.74, 6) is 0.996. The molecule has 0 aromatic heterocycles. The van der Waals surface area contributed by atoms with E-state index < -0.39 is 0 Å². The fourth-order valence-corrected chi connectivity index (χ4v) is 3.19. The summed E-state index contributed by atoms with van der Waals surface area (Å²) in [6, 6.07) is 10.4. The van der Waals surface area contributed by atoms with E-state index in [2.05, 4.69) is 24.3 Å². The lowest BCUT2D eigenvalue weighted by molar-refractivity contribution is -0.142. The minimum absolute atomic E-state index is 0.0264. The van der Waals surface area contributed by atoms with E-state index in [-0.39, 0.29) is 11.9 Å². The fourth-order valence-electron chi connectivity index (χ4n) is 3.19. The first-order valence-corrected chi connectivity index (χ1v) is 6.08. The highest BCUT2D eigenvalue weighted by atomic mass is 16.5. The third-order valence-corrected chi connectivity index (χ3v) is 3.97. The van der Waals surface area contributed by atoms with Gasteiger partial charge in [0.15, 0.2) is 0 Å². The van der Waals surface area contributed by atoms with Crippen LogP contribution in [0.4, 0.5) is 0 Å². The van der Waals surface area contributed by atoms with Gasteiger partial charge in [0.05, 0.1) is 12.5 Å². The molecule has 2 nitrogen and oxygen atoms in total. The predicted molar refractivity (Wildman–Crippen MR) is 61.0 cm³/mol. The Bertz CT molecular complexity index is 385. The molecule has 0 unspecified atom stereocenters. The van der Waals surface area contributed by atoms with Gasteiger partial charge in [0.1, 0.15) is 0 Å². The first kappa shape index (κ1) is 9.88. The van der Waals surface area contributed by atoms with Crippen LogP contribution in [0.3, 0.4) is 0 Å². The van der Waals surface area contributed by atoms with E-state index in [1.807, 2.05) is 6.07 Å². The van der Waals surface area contributed by atoms with Gasteiger partial charge in [-0.1, -0.05) is 36.8 Å². The molecule has 2 heteroatoms. The SMILES string of the molecule is O=C1OC[C@@H]2CCC[C@H](c3ccccc3)[C@H]12. The number of carbonyl (C=O) groups is 1. The Morgan fingerprint density at radius 2 is 1.94 bits per heavy atom. The summed E-state index contributed by atoms with van der Waals surface area (Å²) in [5.41, 5.74) is 1.30. The number of hydrogen-bond donors (Lipinski definition) is 0. The predicted octanol–water partition coefficient (Wildman–Crippen LogP) is 2.74. The van der Waals surface area contributed by atoms with E-state index in [1.165, 1.54) is 12.0 Å². The Morgan fingerprint density at radius 3 is 2.75 bits per heavy atom. The van der Waals surface area contributed by atoms with Crippen LogP contribution >= 0.6 is 0 Å². The molecule has 2 aliphatic rings. The maximum atomic E-state index is 11.8. The van der Waals surface area contributed by atoms with E-state index in [0.29, 0.717) is 18.4 Å². The van der Waals surface area contributed by atoms with Crippen LogP contribution in [0.5, 0.6) is 0 Å². The molecule has 3 atom stereocenters. The summed E-state index contributed by atoms with van der Waals surface area (Å²) in [7, 11) is 0. The lowest BCUT2D eigenvalue weighted by Crippen LogP contribution is -2.28. The molecule has 84 valence electrons. The maximum Gasteiger partial charge on any atom is 0.309 e. The molecule has 3 rings (SSSR count). The summed E-state index contributed by atoms with van der Waals surface area (Å²) in [4.78, 5) is 11.8. The van der Waals surface area contributed by atoms with Gasteiger partial charge < -0.3 is 4.74 Å². The average molecular weight is 216 g/mol. The quantitative estimate of drug-likeness (QED) is 0.675. The van der Waals surface area contributed by atoms with Crippen molar-refractivity contribution in [2.24, 2.45) is 11.8 Å². The summed E-state index contributed by atoms with van der Waals surface area (Å²) in [6.07, 6.45) is 3.50. The zero-order chi connectivity index (χ0) is 11.0. The van der Waals surface area contributed by atoms with E-state index >= 15 is 0 Å². The van der Waals surface area contributed by atoms with Crippen LogP contribution < -0.4 is 0 Å². The van der Waals surface area contributed by atoms with Crippen LogP contribution in [0.25, 0.3) is 0 Å². The molecule has 0 bridgehead atoms. The van der Waals surface area contributed by atoms with E-state index in [0.717, 1.165) is 12.8 Å². The summed E-state index contributed by atoms with van der Waals surface area (Å²) in [5, 5.41) is 0. The molecular formula is C14H16O2. The third kappa shape index (κ3) is 1.53. The van der Waals surface area contributed by atoms with Crippen molar-refractivity contribution in [2.75, 3.05) is 6.61 Å². The minimum Gasteiger partial charge on any atom is -0.465 e. The number of rotatable bonds is 1. The van der Waals surface area contributed by atoms with Gasteiger partial charge in [0.2, 0.25) is 0 Å². The highest BCUT2D eigenvalue weighted by Crippen LogP contribution is 2.44.